The molecule has 0 radical (unpaired) electrons. The van der Waals surface area contributed by atoms with Crippen molar-refractivity contribution < 1.29 is 0 Å². The Morgan fingerprint density at radius 2 is 2.00 bits per heavy atom. The molecular weight excluding hydrogens is 326 g/mol. The van der Waals surface area contributed by atoms with E-state index in [1.54, 1.807) is 17.5 Å². The molecule has 3 heterocycles. The van der Waals surface area contributed by atoms with Crippen molar-refractivity contribution in [2.45, 2.75) is 33.6 Å². The van der Waals surface area contributed by atoms with Gasteiger partial charge >= 0.3 is 0 Å². The van der Waals surface area contributed by atoms with E-state index in [9.17, 15) is 0 Å². The highest BCUT2D eigenvalue weighted by atomic mass is 32.1. The molecule has 3 aromatic heterocycles. The Hall–Kier alpha value is -2.46. The van der Waals surface area contributed by atoms with Gasteiger partial charge in [-0.05, 0) is 55.2 Å². The van der Waals surface area contributed by atoms with E-state index in [2.05, 4.69) is 55.4 Å². The summed E-state index contributed by atoms with van der Waals surface area (Å²) in [6, 6.07) is 8.15. The quantitative estimate of drug-likeness (QED) is 0.567. The van der Waals surface area contributed by atoms with Gasteiger partial charge in [0.1, 0.15) is 5.82 Å². The molecule has 25 heavy (non-hydrogen) atoms. The summed E-state index contributed by atoms with van der Waals surface area (Å²) in [5.74, 6) is 0.528. The van der Waals surface area contributed by atoms with Crippen molar-refractivity contribution in [1.29, 1.82) is 0 Å². The lowest BCUT2D eigenvalue weighted by atomic mass is 10.0. The Labute approximate surface area is 152 Å². The van der Waals surface area contributed by atoms with Crippen LogP contribution in [0.4, 0.5) is 5.82 Å². The molecule has 0 saturated heterocycles. The van der Waals surface area contributed by atoms with Gasteiger partial charge in [0, 0.05) is 17.1 Å². The maximum Gasteiger partial charge on any atom is 0.123 e. The second-order valence-corrected chi connectivity index (χ2v) is 6.83. The fourth-order valence-electron chi connectivity index (χ4n) is 2.87. The molecule has 0 aliphatic rings. The summed E-state index contributed by atoms with van der Waals surface area (Å²) in [4.78, 5) is 9.05. The van der Waals surface area contributed by atoms with Gasteiger partial charge in [-0.25, -0.2) is 9.97 Å². The summed E-state index contributed by atoms with van der Waals surface area (Å²) in [6.07, 6.45) is 8.28. The Kier molecular flexibility index (Phi) is 5.29. The lowest BCUT2D eigenvalue weighted by Crippen LogP contribution is -1.91. The number of nitrogen functional groups attached to an aromatic ring is 1. The number of anilines is 1. The van der Waals surface area contributed by atoms with Gasteiger partial charge in [-0.2, -0.15) is 0 Å². The van der Waals surface area contributed by atoms with Crippen molar-refractivity contribution in [3.05, 3.63) is 59.3 Å². The fraction of sp³-hybridized carbons (Fsp3) is 0.238. The highest BCUT2D eigenvalue weighted by molar-refractivity contribution is 7.17. The van der Waals surface area contributed by atoms with Gasteiger partial charge in [-0.1, -0.05) is 31.6 Å². The zero-order valence-corrected chi connectivity index (χ0v) is 15.7. The van der Waals surface area contributed by atoms with Crippen molar-refractivity contribution >= 4 is 32.9 Å². The Morgan fingerprint density at radius 3 is 2.68 bits per heavy atom. The second-order valence-electron chi connectivity index (χ2n) is 5.92. The van der Waals surface area contributed by atoms with E-state index in [-0.39, 0.29) is 0 Å². The molecule has 4 heteroatoms. The van der Waals surface area contributed by atoms with Gasteiger partial charge in [0.25, 0.3) is 0 Å². The normalized spacial score (nSPS) is 11.7. The zero-order chi connectivity index (χ0) is 17.8. The van der Waals surface area contributed by atoms with Crippen LogP contribution in [-0.4, -0.2) is 9.97 Å². The van der Waals surface area contributed by atoms with Crippen LogP contribution in [0.15, 0.2) is 53.6 Å². The first kappa shape index (κ1) is 17.4. The minimum Gasteiger partial charge on any atom is -0.384 e. The van der Waals surface area contributed by atoms with Crippen molar-refractivity contribution in [3.63, 3.8) is 0 Å². The van der Waals surface area contributed by atoms with Gasteiger partial charge in [0.2, 0.25) is 0 Å². The van der Waals surface area contributed by atoms with Crippen LogP contribution in [0.25, 0.3) is 26.9 Å². The number of pyridine rings is 2. The minimum absolute atomic E-state index is 0.528. The SMILES string of the molecule is C/C=C(\C=C(CC)CC)c1ccc2scc(-c3ccnc(N)c3)c2n1. The van der Waals surface area contributed by atoms with E-state index in [4.69, 9.17) is 10.7 Å². The van der Waals surface area contributed by atoms with Crippen LogP contribution in [-0.2, 0) is 0 Å². The zero-order valence-electron chi connectivity index (χ0n) is 14.9. The maximum absolute atomic E-state index is 5.85. The van der Waals surface area contributed by atoms with E-state index in [1.807, 2.05) is 12.1 Å². The van der Waals surface area contributed by atoms with Crippen LogP contribution in [0.2, 0.25) is 0 Å². The van der Waals surface area contributed by atoms with Gasteiger partial charge in [-0.15, -0.1) is 11.3 Å². The minimum atomic E-state index is 0.528. The molecule has 0 saturated carbocycles. The molecule has 0 aliphatic carbocycles. The van der Waals surface area contributed by atoms with Crippen molar-refractivity contribution in [2.75, 3.05) is 5.73 Å². The predicted molar refractivity (Wildman–Crippen MR) is 110 cm³/mol. The van der Waals surface area contributed by atoms with Crippen LogP contribution in [0.1, 0.15) is 39.3 Å². The van der Waals surface area contributed by atoms with Crippen LogP contribution >= 0.6 is 11.3 Å². The van der Waals surface area contributed by atoms with E-state index in [1.165, 1.54) is 15.8 Å². The molecule has 0 fully saturated rings. The monoisotopic (exact) mass is 349 g/mol. The standard InChI is InChI=1S/C21H23N3S/c1-4-14(5-2)11-15(6-3)18-7-8-19-21(24-18)17(13-25-19)16-9-10-23-20(22)12-16/h6-13H,4-5H2,1-3H3,(H2,22,23)/b15-6+. The third-order valence-electron chi connectivity index (χ3n) is 4.38. The van der Waals surface area contributed by atoms with Crippen LogP contribution in [0, 0.1) is 0 Å². The molecule has 0 aliphatic heterocycles. The third-order valence-corrected chi connectivity index (χ3v) is 5.32. The van der Waals surface area contributed by atoms with E-state index in [0.717, 1.165) is 35.2 Å². The first-order chi connectivity index (χ1) is 12.2. The molecule has 0 atom stereocenters. The molecular formula is C21H23N3S. The molecule has 2 N–H and O–H groups in total. The average Bonchev–Trinajstić information content (AvgIpc) is 3.06. The third kappa shape index (κ3) is 3.64. The summed E-state index contributed by atoms with van der Waals surface area (Å²) >= 11 is 1.71. The van der Waals surface area contributed by atoms with Crippen molar-refractivity contribution in [1.82, 2.24) is 9.97 Å². The first-order valence-corrected chi connectivity index (χ1v) is 9.50. The van der Waals surface area contributed by atoms with Crippen molar-refractivity contribution in [3.8, 4) is 11.1 Å². The van der Waals surface area contributed by atoms with Gasteiger partial charge in [0.15, 0.2) is 0 Å². The van der Waals surface area contributed by atoms with E-state index in [0.29, 0.717) is 5.82 Å². The van der Waals surface area contributed by atoms with Gasteiger partial charge < -0.3 is 5.73 Å². The first-order valence-electron chi connectivity index (χ1n) is 8.62. The molecule has 3 rings (SSSR count). The van der Waals surface area contributed by atoms with E-state index < -0.39 is 0 Å². The number of aromatic nitrogens is 2. The van der Waals surface area contributed by atoms with Gasteiger partial charge in [-0.3, -0.25) is 0 Å². The summed E-state index contributed by atoms with van der Waals surface area (Å²) in [7, 11) is 0. The summed E-state index contributed by atoms with van der Waals surface area (Å²) < 4.78 is 1.18. The number of nitrogens with zero attached hydrogens (tertiary/aromatic N) is 2. The number of hydrogen-bond donors (Lipinski definition) is 1. The largest absolute Gasteiger partial charge is 0.384 e. The Morgan fingerprint density at radius 1 is 1.20 bits per heavy atom. The smallest absolute Gasteiger partial charge is 0.123 e. The highest BCUT2D eigenvalue weighted by Crippen LogP contribution is 2.34. The number of fused-ring (bicyclic) bond motifs is 1. The number of rotatable bonds is 5. The summed E-state index contributed by atoms with van der Waals surface area (Å²) in [5.41, 5.74) is 12.7. The van der Waals surface area contributed by atoms with E-state index >= 15 is 0 Å². The maximum atomic E-state index is 5.85. The van der Waals surface area contributed by atoms with Crippen molar-refractivity contribution in [2.24, 2.45) is 0 Å². The predicted octanol–water partition coefficient (Wildman–Crippen LogP) is 6.09. The second kappa shape index (κ2) is 7.62. The topological polar surface area (TPSA) is 51.8 Å². The molecule has 0 bridgehead atoms. The molecule has 0 spiro atoms. The number of nitrogens with two attached hydrogens (primary N) is 1. The molecule has 0 aromatic carbocycles. The number of hydrogen-bond acceptors (Lipinski definition) is 4. The van der Waals surface area contributed by atoms with Crippen LogP contribution in [0.3, 0.4) is 0 Å². The number of allylic oxidation sites excluding steroid dienone is 4. The molecule has 0 amide bonds. The average molecular weight is 350 g/mol. The highest BCUT2D eigenvalue weighted by Gasteiger charge is 2.11. The van der Waals surface area contributed by atoms with Gasteiger partial charge in [0.05, 0.1) is 15.9 Å². The summed E-state index contributed by atoms with van der Waals surface area (Å²) in [6.45, 7) is 6.47. The van der Waals surface area contributed by atoms with Crippen LogP contribution in [0.5, 0.6) is 0 Å². The fourth-order valence-corrected chi connectivity index (χ4v) is 3.78. The molecule has 128 valence electrons. The molecule has 0 unspecified atom stereocenters. The van der Waals surface area contributed by atoms with Crippen LogP contribution < -0.4 is 5.73 Å². The Balaban J connectivity index is 2.10. The lowest BCUT2D eigenvalue weighted by Gasteiger charge is -2.07. The lowest BCUT2D eigenvalue weighted by molar-refractivity contribution is 0.978. The Bertz CT molecular complexity index is 945. The molecule has 3 nitrogen and oxygen atoms in total. The number of thiophene rings is 1. The summed E-state index contributed by atoms with van der Waals surface area (Å²) in [5, 5.41) is 2.14. The molecule has 3 aromatic rings.